The second-order valence-electron chi connectivity index (χ2n) is 7.41. The Morgan fingerprint density at radius 1 is 1.14 bits per heavy atom. The van der Waals surface area contributed by atoms with Crippen LogP contribution in [0, 0.1) is 11.8 Å². The number of carbonyl (C=O) groups excluding carboxylic acids is 1. The van der Waals surface area contributed by atoms with Crippen LogP contribution in [-0.2, 0) is 22.5 Å². The molecule has 0 unspecified atom stereocenters. The number of aromatic nitrogens is 2. The van der Waals surface area contributed by atoms with Crippen molar-refractivity contribution in [1.29, 1.82) is 0 Å². The van der Waals surface area contributed by atoms with Crippen LogP contribution in [0.15, 0.2) is 54.2 Å². The number of pyridine rings is 1. The molecule has 2 heterocycles. The SMILES string of the molecule is CC(C)(C)OC(=O)Cc1ncsc1C#Cc1ccnc(NCc2ccccc2)c1. The number of anilines is 1. The summed E-state index contributed by atoms with van der Waals surface area (Å²) in [6.45, 7) is 6.23. The van der Waals surface area contributed by atoms with E-state index < -0.39 is 5.60 Å². The maximum atomic E-state index is 12.1. The topological polar surface area (TPSA) is 64.1 Å². The summed E-state index contributed by atoms with van der Waals surface area (Å²) in [5, 5.41) is 3.30. The molecular weight excluding hydrogens is 382 g/mol. The summed E-state index contributed by atoms with van der Waals surface area (Å²) in [5.74, 6) is 6.72. The second kappa shape index (κ2) is 9.35. The molecule has 1 N–H and O–H groups in total. The molecule has 148 valence electrons. The van der Waals surface area contributed by atoms with Crippen molar-refractivity contribution in [3.63, 3.8) is 0 Å². The summed E-state index contributed by atoms with van der Waals surface area (Å²) in [6, 6.07) is 13.9. The second-order valence-corrected chi connectivity index (χ2v) is 8.27. The van der Waals surface area contributed by atoms with Crippen LogP contribution in [0.5, 0.6) is 0 Å². The molecule has 2 aromatic heterocycles. The van der Waals surface area contributed by atoms with Gasteiger partial charge in [0.2, 0.25) is 0 Å². The zero-order chi connectivity index (χ0) is 20.7. The first kappa shape index (κ1) is 20.6. The molecule has 3 rings (SSSR count). The summed E-state index contributed by atoms with van der Waals surface area (Å²) < 4.78 is 5.37. The zero-order valence-corrected chi connectivity index (χ0v) is 17.5. The van der Waals surface area contributed by atoms with Crippen molar-refractivity contribution >= 4 is 23.1 Å². The first-order valence-electron chi connectivity index (χ1n) is 9.29. The fourth-order valence-electron chi connectivity index (χ4n) is 2.53. The Morgan fingerprint density at radius 2 is 1.93 bits per heavy atom. The first-order valence-corrected chi connectivity index (χ1v) is 10.2. The Balaban J connectivity index is 1.66. The van der Waals surface area contributed by atoms with Gasteiger partial charge in [-0.15, -0.1) is 11.3 Å². The van der Waals surface area contributed by atoms with Gasteiger partial charge in [0.25, 0.3) is 0 Å². The Bertz CT molecular complexity index is 1030. The van der Waals surface area contributed by atoms with Gasteiger partial charge in [-0.2, -0.15) is 0 Å². The molecule has 0 radical (unpaired) electrons. The molecule has 1 aromatic carbocycles. The van der Waals surface area contributed by atoms with Gasteiger partial charge >= 0.3 is 5.97 Å². The van der Waals surface area contributed by atoms with Gasteiger partial charge in [-0.1, -0.05) is 36.3 Å². The van der Waals surface area contributed by atoms with Gasteiger partial charge in [-0.05, 0) is 44.4 Å². The fourth-order valence-corrected chi connectivity index (χ4v) is 3.19. The molecule has 0 saturated carbocycles. The largest absolute Gasteiger partial charge is 0.460 e. The van der Waals surface area contributed by atoms with Gasteiger partial charge in [0.15, 0.2) is 0 Å². The van der Waals surface area contributed by atoms with E-state index in [1.54, 1.807) is 11.7 Å². The third kappa shape index (κ3) is 6.74. The van der Waals surface area contributed by atoms with E-state index >= 15 is 0 Å². The maximum absolute atomic E-state index is 12.1. The third-order valence-corrected chi connectivity index (χ3v) is 4.55. The van der Waals surface area contributed by atoms with Crippen molar-refractivity contribution in [3.05, 3.63) is 75.9 Å². The number of thiazole rings is 1. The average Bonchev–Trinajstić information content (AvgIpc) is 3.11. The first-order chi connectivity index (χ1) is 13.9. The van der Waals surface area contributed by atoms with Gasteiger partial charge in [-0.3, -0.25) is 4.79 Å². The normalized spacial score (nSPS) is 10.7. The van der Waals surface area contributed by atoms with E-state index in [4.69, 9.17) is 4.74 Å². The summed E-state index contributed by atoms with van der Waals surface area (Å²) in [4.78, 5) is 21.4. The van der Waals surface area contributed by atoms with Crippen LogP contribution in [0.25, 0.3) is 0 Å². The molecule has 0 saturated heterocycles. The van der Waals surface area contributed by atoms with Gasteiger partial charge < -0.3 is 10.1 Å². The fraction of sp³-hybridized carbons (Fsp3) is 0.261. The van der Waals surface area contributed by atoms with Crippen LogP contribution in [0.2, 0.25) is 0 Å². The molecule has 6 heteroatoms. The van der Waals surface area contributed by atoms with Gasteiger partial charge in [0, 0.05) is 18.3 Å². The van der Waals surface area contributed by atoms with Crippen LogP contribution >= 0.6 is 11.3 Å². The minimum Gasteiger partial charge on any atom is -0.460 e. The number of rotatable bonds is 5. The quantitative estimate of drug-likeness (QED) is 0.502. The third-order valence-electron chi connectivity index (χ3n) is 3.77. The van der Waals surface area contributed by atoms with Crippen molar-refractivity contribution < 1.29 is 9.53 Å². The molecule has 0 fully saturated rings. The van der Waals surface area contributed by atoms with Crippen LogP contribution in [0.1, 0.15) is 42.5 Å². The lowest BCUT2D eigenvalue weighted by Gasteiger charge is -2.19. The van der Waals surface area contributed by atoms with Crippen molar-refractivity contribution in [2.24, 2.45) is 0 Å². The molecule has 0 aliphatic heterocycles. The summed E-state index contributed by atoms with van der Waals surface area (Å²) >= 11 is 1.42. The predicted molar refractivity (Wildman–Crippen MR) is 116 cm³/mol. The molecular formula is C23H23N3O2S. The van der Waals surface area contributed by atoms with Crippen LogP contribution in [-0.4, -0.2) is 21.5 Å². The van der Waals surface area contributed by atoms with E-state index in [-0.39, 0.29) is 12.4 Å². The van der Waals surface area contributed by atoms with Crippen LogP contribution < -0.4 is 5.32 Å². The van der Waals surface area contributed by atoms with Crippen molar-refractivity contribution in [1.82, 2.24) is 9.97 Å². The van der Waals surface area contributed by atoms with E-state index in [0.717, 1.165) is 16.3 Å². The Morgan fingerprint density at radius 3 is 2.69 bits per heavy atom. The number of hydrogen-bond acceptors (Lipinski definition) is 6. The van der Waals surface area contributed by atoms with E-state index in [0.29, 0.717) is 12.2 Å². The molecule has 0 amide bonds. The van der Waals surface area contributed by atoms with E-state index in [9.17, 15) is 4.79 Å². The molecule has 0 aliphatic rings. The summed E-state index contributed by atoms with van der Waals surface area (Å²) in [5.41, 5.74) is 3.85. The molecule has 5 nitrogen and oxygen atoms in total. The molecule has 0 aliphatic carbocycles. The van der Waals surface area contributed by atoms with E-state index in [2.05, 4.69) is 39.3 Å². The van der Waals surface area contributed by atoms with Gasteiger partial charge in [0.05, 0.1) is 17.6 Å². The zero-order valence-electron chi connectivity index (χ0n) is 16.7. The number of hydrogen-bond donors (Lipinski definition) is 1. The lowest BCUT2D eigenvalue weighted by atomic mass is 10.2. The number of nitrogens with one attached hydrogen (secondary N) is 1. The molecule has 29 heavy (non-hydrogen) atoms. The highest BCUT2D eigenvalue weighted by Gasteiger charge is 2.18. The molecule has 0 spiro atoms. The monoisotopic (exact) mass is 405 g/mol. The molecule has 0 atom stereocenters. The van der Waals surface area contributed by atoms with Gasteiger partial charge in [0.1, 0.15) is 16.3 Å². The number of esters is 1. The lowest BCUT2D eigenvalue weighted by molar-refractivity contribution is -0.153. The smallest absolute Gasteiger partial charge is 0.312 e. The Hall–Kier alpha value is -3.17. The highest BCUT2D eigenvalue weighted by atomic mass is 32.1. The van der Waals surface area contributed by atoms with Crippen molar-refractivity contribution in [3.8, 4) is 11.8 Å². The van der Waals surface area contributed by atoms with Crippen LogP contribution in [0.4, 0.5) is 5.82 Å². The number of carbonyl (C=O) groups is 1. The van der Waals surface area contributed by atoms with Crippen molar-refractivity contribution in [2.45, 2.75) is 39.3 Å². The standard InChI is InChI=1S/C23H23N3O2S/c1-23(2,3)28-22(27)14-19-20(29-16-26-19)10-9-17-11-12-24-21(13-17)25-15-18-7-5-4-6-8-18/h4-8,11-13,16H,14-15H2,1-3H3,(H,24,25). The Labute approximate surface area is 175 Å². The maximum Gasteiger partial charge on any atom is 0.312 e. The lowest BCUT2D eigenvalue weighted by Crippen LogP contribution is -2.25. The molecule has 3 aromatic rings. The Kier molecular flexibility index (Phi) is 6.63. The highest BCUT2D eigenvalue weighted by molar-refractivity contribution is 7.10. The number of ether oxygens (including phenoxy) is 1. The predicted octanol–water partition coefficient (Wildman–Crippen LogP) is 4.43. The minimum atomic E-state index is -0.515. The average molecular weight is 406 g/mol. The molecule has 0 bridgehead atoms. The number of nitrogens with zero attached hydrogens (tertiary/aromatic N) is 2. The number of benzene rings is 1. The van der Waals surface area contributed by atoms with Crippen LogP contribution in [0.3, 0.4) is 0 Å². The minimum absolute atomic E-state index is 0.116. The summed E-state index contributed by atoms with van der Waals surface area (Å²) in [6.07, 6.45) is 1.84. The van der Waals surface area contributed by atoms with Crippen molar-refractivity contribution in [2.75, 3.05) is 5.32 Å². The summed E-state index contributed by atoms with van der Waals surface area (Å²) in [7, 11) is 0. The van der Waals surface area contributed by atoms with E-state index in [1.165, 1.54) is 16.9 Å². The van der Waals surface area contributed by atoms with Gasteiger partial charge in [-0.25, -0.2) is 9.97 Å². The van der Waals surface area contributed by atoms with E-state index in [1.807, 2.05) is 51.1 Å². The highest BCUT2D eigenvalue weighted by Crippen LogP contribution is 2.16.